The number of carbonyl (C=O) groups excluding carboxylic acids is 1. The lowest BCUT2D eigenvalue weighted by Crippen LogP contribution is -2.49. The number of hydrogen-bond acceptors (Lipinski definition) is 5. The van der Waals surface area contributed by atoms with Crippen LogP contribution in [0.4, 0.5) is 5.82 Å². The number of nitrogens with zero attached hydrogens (tertiary/aromatic N) is 4. The van der Waals surface area contributed by atoms with Crippen LogP contribution in [0.25, 0.3) is 0 Å². The molecule has 0 aliphatic carbocycles. The van der Waals surface area contributed by atoms with E-state index in [0.717, 1.165) is 43.3 Å². The zero-order valence-electron chi connectivity index (χ0n) is 19.5. The van der Waals surface area contributed by atoms with Gasteiger partial charge in [0, 0.05) is 49.8 Å². The second-order valence-corrected chi connectivity index (χ2v) is 8.70. The molecule has 0 bridgehead atoms. The predicted octanol–water partition coefficient (Wildman–Crippen LogP) is 4.75. The topological polar surface area (TPSA) is 62.5 Å². The largest absolute Gasteiger partial charge is 0.459 e. The van der Waals surface area contributed by atoms with Crippen molar-refractivity contribution in [2.75, 3.05) is 31.1 Å². The number of piperazine rings is 1. The van der Waals surface area contributed by atoms with Crippen molar-refractivity contribution in [1.82, 2.24) is 14.9 Å². The quantitative estimate of drug-likeness (QED) is 0.562. The summed E-state index contributed by atoms with van der Waals surface area (Å²) in [5.74, 6) is 2.58. The highest BCUT2D eigenvalue weighted by Crippen LogP contribution is 2.28. The van der Waals surface area contributed by atoms with Gasteiger partial charge in [0.25, 0.3) is 5.91 Å². The molecule has 0 spiro atoms. The molecular formula is C26H32N4O2. The van der Waals surface area contributed by atoms with Gasteiger partial charge < -0.3 is 14.2 Å². The third kappa shape index (κ3) is 4.69. The normalized spacial score (nSPS) is 15.1. The van der Waals surface area contributed by atoms with Crippen LogP contribution >= 0.6 is 0 Å². The van der Waals surface area contributed by atoms with E-state index < -0.39 is 0 Å². The van der Waals surface area contributed by atoms with E-state index >= 15 is 0 Å². The SMILES string of the molecule is CCC(C)c1nc(C)c(Cc2cccc(C)c2)c(N2CCN(C(=O)c3ccco3)CC2)n1. The highest BCUT2D eigenvalue weighted by atomic mass is 16.3. The molecule has 4 rings (SSSR count). The Hall–Kier alpha value is -3.15. The van der Waals surface area contributed by atoms with Crippen molar-refractivity contribution in [3.8, 4) is 0 Å². The maximum Gasteiger partial charge on any atom is 0.289 e. The van der Waals surface area contributed by atoms with E-state index in [2.05, 4.69) is 56.9 Å². The fourth-order valence-corrected chi connectivity index (χ4v) is 4.18. The minimum Gasteiger partial charge on any atom is -0.459 e. The maximum absolute atomic E-state index is 12.7. The number of aromatic nitrogens is 2. The van der Waals surface area contributed by atoms with Crippen LogP contribution in [0.3, 0.4) is 0 Å². The average Bonchev–Trinajstić information content (AvgIpc) is 3.34. The van der Waals surface area contributed by atoms with E-state index in [1.165, 1.54) is 16.7 Å². The Labute approximate surface area is 190 Å². The molecule has 0 N–H and O–H groups in total. The number of aryl methyl sites for hydroxylation is 2. The van der Waals surface area contributed by atoms with E-state index in [1.54, 1.807) is 18.4 Å². The monoisotopic (exact) mass is 432 g/mol. The second-order valence-electron chi connectivity index (χ2n) is 8.70. The molecule has 2 aromatic heterocycles. The maximum atomic E-state index is 12.7. The molecular weight excluding hydrogens is 400 g/mol. The van der Waals surface area contributed by atoms with Crippen LogP contribution in [0, 0.1) is 13.8 Å². The highest BCUT2D eigenvalue weighted by Gasteiger charge is 2.27. The molecule has 1 aliphatic rings. The number of carbonyl (C=O) groups is 1. The van der Waals surface area contributed by atoms with Crippen molar-refractivity contribution < 1.29 is 9.21 Å². The Kier molecular flexibility index (Phi) is 6.58. The van der Waals surface area contributed by atoms with Crippen LogP contribution in [0.2, 0.25) is 0 Å². The Balaban J connectivity index is 1.61. The summed E-state index contributed by atoms with van der Waals surface area (Å²) in [6.07, 6.45) is 3.35. The van der Waals surface area contributed by atoms with Gasteiger partial charge in [-0.2, -0.15) is 0 Å². The first-order valence-corrected chi connectivity index (χ1v) is 11.5. The lowest BCUT2D eigenvalue weighted by Gasteiger charge is -2.36. The zero-order chi connectivity index (χ0) is 22.7. The number of benzene rings is 1. The molecule has 6 nitrogen and oxygen atoms in total. The first-order chi connectivity index (χ1) is 15.5. The molecule has 1 aliphatic heterocycles. The number of anilines is 1. The number of furan rings is 1. The molecule has 0 radical (unpaired) electrons. The zero-order valence-corrected chi connectivity index (χ0v) is 19.5. The smallest absolute Gasteiger partial charge is 0.289 e. The Bertz CT molecular complexity index is 1070. The summed E-state index contributed by atoms with van der Waals surface area (Å²) in [5, 5.41) is 0. The van der Waals surface area contributed by atoms with E-state index in [4.69, 9.17) is 14.4 Å². The molecule has 1 atom stereocenters. The van der Waals surface area contributed by atoms with Gasteiger partial charge >= 0.3 is 0 Å². The average molecular weight is 433 g/mol. The Morgan fingerprint density at radius 1 is 1.09 bits per heavy atom. The summed E-state index contributed by atoms with van der Waals surface area (Å²) < 4.78 is 5.30. The van der Waals surface area contributed by atoms with Crippen LogP contribution in [-0.4, -0.2) is 47.0 Å². The third-order valence-corrected chi connectivity index (χ3v) is 6.32. The summed E-state index contributed by atoms with van der Waals surface area (Å²) in [6, 6.07) is 12.1. The van der Waals surface area contributed by atoms with Gasteiger partial charge in [-0.25, -0.2) is 9.97 Å². The van der Waals surface area contributed by atoms with Crippen molar-refractivity contribution in [3.63, 3.8) is 0 Å². The molecule has 1 saturated heterocycles. The van der Waals surface area contributed by atoms with Gasteiger partial charge in [-0.05, 0) is 38.0 Å². The Morgan fingerprint density at radius 2 is 1.88 bits per heavy atom. The number of amides is 1. The second kappa shape index (κ2) is 9.55. The van der Waals surface area contributed by atoms with Crippen molar-refractivity contribution >= 4 is 11.7 Å². The lowest BCUT2D eigenvalue weighted by molar-refractivity contribution is 0.0714. The van der Waals surface area contributed by atoms with Crippen LogP contribution in [0.1, 0.15) is 64.9 Å². The summed E-state index contributed by atoms with van der Waals surface area (Å²) in [7, 11) is 0. The minimum absolute atomic E-state index is 0.0474. The summed E-state index contributed by atoms with van der Waals surface area (Å²) >= 11 is 0. The molecule has 3 heterocycles. The first-order valence-electron chi connectivity index (χ1n) is 11.5. The van der Waals surface area contributed by atoms with Gasteiger partial charge in [-0.1, -0.05) is 43.7 Å². The van der Waals surface area contributed by atoms with Crippen LogP contribution < -0.4 is 4.90 Å². The molecule has 0 saturated carbocycles. The highest BCUT2D eigenvalue weighted by molar-refractivity contribution is 5.91. The fraction of sp³-hybridized carbons (Fsp3) is 0.423. The third-order valence-electron chi connectivity index (χ3n) is 6.32. The van der Waals surface area contributed by atoms with Crippen molar-refractivity contribution in [2.24, 2.45) is 0 Å². The van der Waals surface area contributed by atoms with Crippen molar-refractivity contribution in [2.45, 2.75) is 46.5 Å². The molecule has 3 aromatic rings. The van der Waals surface area contributed by atoms with E-state index in [9.17, 15) is 4.79 Å². The number of hydrogen-bond donors (Lipinski definition) is 0. The first kappa shape index (κ1) is 22.1. The summed E-state index contributed by atoms with van der Waals surface area (Å²) in [4.78, 5) is 26.8. The van der Waals surface area contributed by atoms with Gasteiger partial charge in [0.1, 0.15) is 11.6 Å². The van der Waals surface area contributed by atoms with Gasteiger partial charge in [0.15, 0.2) is 5.76 Å². The standard InChI is InChI=1S/C26H32N4O2/c1-5-19(3)24-27-20(4)22(17-21-9-6-8-18(2)16-21)25(28-24)29-11-13-30(14-12-29)26(31)23-10-7-15-32-23/h6-10,15-16,19H,5,11-14,17H2,1-4H3. The molecule has 32 heavy (non-hydrogen) atoms. The Morgan fingerprint density at radius 3 is 2.53 bits per heavy atom. The van der Waals surface area contributed by atoms with Crippen molar-refractivity contribution in [3.05, 3.63) is 76.6 Å². The molecule has 6 heteroatoms. The van der Waals surface area contributed by atoms with E-state index in [-0.39, 0.29) is 5.91 Å². The lowest BCUT2D eigenvalue weighted by atomic mass is 10.0. The molecule has 168 valence electrons. The van der Waals surface area contributed by atoms with Gasteiger partial charge in [0.05, 0.1) is 6.26 Å². The van der Waals surface area contributed by atoms with Crippen LogP contribution in [0.5, 0.6) is 0 Å². The summed E-state index contributed by atoms with van der Waals surface area (Å²) in [5.41, 5.74) is 4.74. The van der Waals surface area contributed by atoms with E-state index in [1.807, 2.05) is 4.90 Å². The minimum atomic E-state index is -0.0474. The molecule has 1 amide bonds. The van der Waals surface area contributed by atoms with E-state index in [0.29, 0.717) is 24.8 Å². The van der Waals surface area contributed by atoms with Gasteiger partial charge in [0.2, 0.25) is 0 Å². The predicted molar refractivity (Wildman–Crippen MR) is 126 cm³/mol. The fourth-order valence-electron chi connectivity index (χ4n) is 4.18. The van der Waals surface area contributed by atoms with Crippen LogP contribution in [-0.2, 0) is 6.42 Å². The molecule has 1 aromatic carbocycles. The summed E-state index contributed by atoms with van der Waals surface area (Å²) in [6.45, 7) is 11.3. The van der Waals surface area contributed by atoms with Crippen molar-refractivity contribution in [1.29, 1.82) is 0 Å². The van der Waals surface area contributed by atoms with Gasteiger partial charge in [-0.15, -0.1) is 0 Å². The van der Waals surface area contributed by atoms with Crippen LogP contribution in [0.15, 0.2) is 47.1 Å². The van der Waals surface area contributed by atoms with Gasteiger partial charge in [-0.3, -0.25) is 4.79 Å². The molecule has 1 unspecified atom stereocenters. The molecule has 1 fully saturated rings. The number of rotatable bonds is 6.